The highest BCUT2D eigenvalue weighted by Gasteiger charge is 2.16. The average molecular weight is 342 g/mol. The lowest BCUT2D eigenvalue weighted by atomic mass is 10.0. The highest BCUT2D eigenvalue weighted by Crippen LogP contribution is 2.31. The topological polar surface area (TPSA) is 54.0 Å². The van der Waals surface area contributed by atoms with Gasteiger partial charge in [0.25, 0.3) is 0 Å². The van der Waals surface area contributed by atoms with Gasteiger partial charge in [-0.25, -0.2) is 4.79 Å². The summed E-state index contributed by atoms with van der Waals surface area (Å²) in [6.07, 6.45) is 1.78. The van der Waals surface area contributed by atoms with Crippen molar-refractivity contribution in [2.75, 3.05) is 27.9 Å². The number of benzene rings is 2. The lowest BCUT2D eigenvalue weighted by molar-refractivity contribution is -0.136. The van der Waals surface area contributed by atoms with E-state index in [1.54, 1.807) is 52.5 Å². The molecule has 0 N–H and O–H groups in total. The van der Waals surface area contributed by atoms with Crippen LogP contribution in [0.15, 0.2) is 42.5 Å². The third kappa shape index (κ3) is 4.53. The molecule has 2 rings (SSSR count). The Bertz CT molecular complexity index is 747. The van der Waals surface area contributed by atoms with Gasteiger partial charge in [0.05, 0.1) is 33.5 Å². The van der Waals surface area contributed by atoms with E-state index >= 15 is 0 Å². The Hall–Kier alpha value is -2.95. The van der Waals surface area contributed by atoms with Crippen LogP contribution >= 0.6 is 0 Å². The first-order valence-electron chi connectivity index (χ1n) is 7.88. The maximum absolute atomic E-state index is 12.4. The summed E-state index contributed by atoms with van der Waals surface area (Å²) >= 11 is 0. The first kappa shape index (κ1) is 18.4. The van der Waals surface area contributed by atoms with Gasteiger partial charge < -0.3 is 18.9 Å². The van der Waals surface area contributed by atoms with Crippen LogP contribution in [0, 0.1) is 0 Å². The quantitative estimate of drug-likeness (QED) is 0.435. The fourth-order valence-electron chi connectivity index (χ4n) is 2.34. The molecule has 132 valence electrons. The summed E-state index contributed by atoms with van der Waals surface area (Å²) in [5, 5.41) is 0. The smallest absolute Gasteiger partial charge is 0.338 e. The Morgan fingerprint density at radius 3 is 2.16 bits per heavy atom. The molecule has 0 radical (unpaired) electrons. The van der Waals surface area contributed by atoms with Gasteiger partial charge >= 0.3 is 5.97 Å². The van der Waals surface area contributed by atoms with Crippen LogP contribution < -0.4 is 14.2 Å². The van der Waals surface area contributed by atoms with E-state index in [2.05, 4.69) is 0 Å². The van der Waals surface area contributed by atoms with Crippen molar-refractivity contribution in [2.45, 2.75) is 6.92 Å². The minimum absolute atomic E-state index is 0.298. The van der Waals surface area contributed by atoms with Gasteiger partial charge in [-0.3, -0.25) is 0 Å². The number of carbonyl (C=O) groups is 1. The maximum Gasteiger partial charge on any atom is 0.338 e. The molecule has 0 amide bonds. The summed E-state index contributed by atoms with van der Waals surface area (Å²) in [6, 6.07) is 12.7. The number of hydrogen-bond donors (Lipinski definition) is 0. The number of ether oxygens (including phenoxy) is 4. The van der Waals surface area contributed by atoms with E-state index < -0.39 is 5.97 Å². The van der Waals surface area contributed by atoms with Crippen LogP contribution in [-0.4, -0.2) is 33.9 Å². The predicted octanol–water partition coefficient (Wildman–Crippen LogP) is 3.82. The Balaban J connectivity index is 2.48. The highest BCUT2D eigenvalue weighted by molar-refractivity contribution is 6.21. The lowest BCUT2D eigenvalue weighted by Crippen LogP contribution is -2.07. The van der Waals surface area contributed by atoms with Crippen molar-refractivity contribution in [1.82, 2.24) is 0 Å². The molecule has 2 aromatic carbocycles. The first-order chi connectivity index (χ1) is 12.1. The molecule has 5 heteroatoms. The van der Waals surface area contributed by atoms with Crippen LogP contribution in [0.5, 0.6) is 17.2 Å². The van der Waals surface area contributed by atoms with Gasteiger partial charge in [0, 0.05) is 0 Å². The van der Waals surface area contributed by atoms with Gasteiger partial charge in [-0.1, -0.05) is 18.2 Å². The van der Waals surface area contributed by atoms with Gasteiger partial charge in [0.2, 0.25) is 0 Å². The Morgan fingerprint density at radius 2 is 1.60 bits per heavy atom. The molecule has 2 aromatic rings. The zero-order valence-corrected chi connectivity index (χ0v) is 14.9. The Labute approximate surface area is 147 Å². The highest BCUT2D eigenvalue weighted by atomic mass is 16.5. The molecule has 0 aliphatic rings. The zero-order valence-electron chi connectivity index (χ0n) is 14.9. The molecule has 0 aromatic heterocycles. The Kier molecular flexibility index (Phi) is 6.46. The standard InChI is InChI=1S/C20H22O5/c1-5-25-20(21)17(12-14-6-9-16(22-2)10-7-14)15-8-11-18(23-3)19(13-15)24-4/h6-13H,5H2,1-4H3/b17-12+. The summed E-state index contributed by atoms with van der Waals surface area (Å²) in [6.45, 7) is 2.07. The van der Waals surface area contributed by atoms with Crippen molar-refractivity contribution < 1.29 is 23.7 Å². The molecule has 0 unspecified atom stereocenters. The monoisotopic (exact) mass is 342 g/mol. The van der Waals surface area contributed by atoms with E-state index in [1.807, 2.05) is 24.3 Å². The van der Waals surface area contributed by atoms with Crippen LogP contribution in [0.2, 0.25) is 0 Å². The van der Waals surface area contributed by atoms with Crippen molar-refractivity contribution in [3.8, 4) is 17.2 Å². The number of esters is 1. The van der Waals surface area contributed by atoms with E-state index in [4.69, 9.17) is 18.9 Å². The molecule has 0 atom stereocenters. The molecule has 25 heavy (non-hydrogen) atoms. The van der Waals surface area contributed by atoms with Crippen molar-refractivity contribution >= 4 is 17.6 Å². The maximum atomic E-state index is 12.4. The lowest BCUT2D eigenvalue weighted by Gasteiger charge is -2.12. The predicted molar refractivity (Wildman–Crippen MR) is 97.0 cm³/mol. The fourth-order valence-corrected chi connectivity index (χ4v) is 2.34. The molecule has 0 fully saturated rings. The van der Waals surface area contributed by atoms with Crippen molar-refractivity contribution in [3.63, 3.8) is 0 Å². The van der Waals surface area contributed by atoms with Crippen LogP contribution in [0.1, 0.15) is 18.1 Å². The molecule has 0 heterocycles. The van der Waals surface area contributed by atoms with Gasteiger partial charge in [-0.15, -0.1) is 0 Å². The van der Waals surface area contributed by atoms with E-state index in [-0.39, 0.29) is 0 Å². The van der Waals surface area contributed by atoms with Gasteiger partial charge in [-0.05, 0) is 48.4 Å². The summed E-state index contributed by atoms with van der Waals surface area (Å²) in [5.74, 6) is 1.50. The second-order valence-electron chi connectivity index (χ2n) is 5.12. The van der Waals surface area contributed by atoms with E-state index in [1.165, 1.54) is 0 Å². The molecule has 0 aliphatic carbocycles. The summed E-state index contributed by atoms with van der Waals surface area (Å²) in [7, 11) is 4.73. The fraction of sp³-hybridized carbons (Fsp3) is 0.250. The Morgan fingerprint density at radius 1 is 0.920 bits per heavy atom. The van der Waals surface area contributed by atoms with Crippen LogP contribution in [0.25, 0.3) is 11.6 Å². The second-order valence-corrected chi connectivity index (χ2v) is 5.12. The SMILES string of the molecule is CCOC(=O)/C(=C/c1ccc(OC)cc1)c1ccc(OC)c(OC)c1. The van der Waals surface area contributed by atoms with E-state index in [0.29, 0.717) is 29.2 Å². The van der Waals surface area contributed by atoms with E-state index in [0.717, 1.165) is 11.3 Å². The molecular weight excluding hydrogens is 320 g/mol. The minimum atomic E-state index is -0.398. The van der Waals surface area contributed by atoms with Gasteiger partial charge in [-0.2, -0.15) is 0 Å². The van der Waals surface area contributed by atoms with Crippen molar-refractivity contribution in [2.24, 2.45) is 0 Å². The number of rotatable bonds is 7. The van der Waals surface area contributed by atoms with Gasteiger partial charge in [0.15, 0.2) is 11.5 Å². The number of carbonyl (C=O) groups excluding carboxylic acids is 1. The third-order valence-corrected chi connectivity index (χ3v) is 3.62. The second kappa shape index (κ2) is 8.78. The molecule has 0 saturated carbocycles. The third-order valence-electron chi connectivity index (χ3n) is 3.62. The number of hydrogen-bond acceptors (Lipinski definition) is 5. The molecule has 0 spiro atoms. The normalized spacial score (nSPS) is 11.0. The van der Waals surface area contributed by atoms with Crippen LogP contribution in [-0.2, 0) is 9.53 Å². The summed E-state index contributed by atoms with van der Waals surface area (Å²) < 4.78 is 20.9. The van der Waals surface area contributed by atoms with Gasteiger partial charge in [0.1, 0.15) is 5.75 Å². The molecular formula is C20H22O5. The first-order valence-corrected chi connectivity index (χ1v) is 7.88. The molecule has 5 nitrogen and oxygen atoms in total. The minimum Gasteiger partial charge on any atom is -0.497 e. The molecule has 0 aliphatic heterocycles. The van der Waals surface area contributed by atoms with Crippen LogP contribution in [0.4, 0.5) is 0 Å². The van der Waals surface area contributed by atoms with Crippen LogP contribution in [0.3, 0.4) is 0 Å². The summed E-state index contributed by atoms with van der Waals surface area (Å²) in [4.78, 5) is 12.4. The number of methoxy groups -OCH3 is 3. The van der Waals surface area contributed by atoms with Crippen molar-refractivity contribution in [1.29, 1.82) is 0 Å². The summed E-state index contributed by atoms with van der Waals surface area (Å²) in [5.41, 5.74) is 1.98. The molecule has 0 saturated heterocycles. The molecule has 0 bridgehead atoms. The zero-order chi connectivity index (χ0) is 18.2. The average Bonchev–Trinajstić information content (AvgIpc) is 2.66. The van der Waals surface area contributed by atoms with E-state index in [9.17, 15) is 4.79 Å². The van der Waals surface area contributed by atoms with Crippen molar-refractivity contribution in [3.05, 3.63) is 53.6 Å². The largest absolute Gasteiger partial charge is 0.497 e.